The zero-order valence-corrected chi connectivity index (χ0v) is 10.8. The maximum Gasteiger partial charge on any atom is 0.226 e. The van der Waals surface area contributed by atoms with Crippen molar-refractivity contribution in [3.05, 3.63) is 18.0 Å². The zero-order valence-electron chi connectivity index (χ0n) is 10.8. The lowest BCUT2D eigenvalue weighted by Crippen LogP contribution is -2.45. The number of hydrogen-bond acceptors (Lipinski definition) is 3. The van der Waals surface area contributed by atoms with Gasteiger partial charge in [-0.05, 0) is 37.7 Å². The van der Waals surface area contributed by atoms with Crippen molar-refractivity contribution in [1.29, 1.82) is 0 Å². The van der Waals surface area contributed by atoms with E-state index in [1.165, 1.54) is 0 Å². The van der Waals surface area contributed by atoms with Gasteiger partial charge in [0.05, 0.1) is 12.0 Å². The molecule has 0 aromatic carbocycles. The Bertz CT molecular complexity index is 381. The summed E-state index contributed by atoms with van der Waals surface area (Å²) in [7, 11) is 0. The van der Waals surface area contributed by atoms with E-state index in [1.807, 2.05) is 0 Å². The number of hydrogen-bond donors (Lipinski definition) is 3. The van der Waals surface area contributed by atoms with Gasteiger partial charge >= 0.3 is 0 Å². The second kappa shape index (κ2) is 5.52. The van der Waals surface area contributed by atoms with Crippen LogP contribution >= 0.6 is 0 Å². The summed E-state index contributed by atoms with van der Waals surface area (Å²) < 4.78 is 0. The third kappa shape index (κ3) is 3.57. The Kier molecular flexibility index (Phi) is 4.01. The normalized spacial score (nSPS) is 28.0. The molecule has 1 heterocycles. The predicted octanol–water partition coefficient (Wildman–Crippen LogP) is 1.01. The van der Waals surface area contributed by atoms with Crippen molar-refractivity contribution < 1.29 is 9.90 Å². The van der Waals surface area contributed by atoms with Crippen molar-refractivity contribution in [3.8, 4) is 0 Å². The molecule has 3 N–H and O–H groups in total. The molecule has 2 rings (SSSR count). The molecule has 1 aromatic rings. The van der Waals surface area contributed by atoms with Crippen LogP contribution in [0.3, 0.4) is 0 Å². The number of aromatic amines is 1. The Balaban J connectivity index is 1.75. The van der Waals surface area contributed by atoms with Crippen molar-refractivity contribution in [2.45, 2.75) is 44.6 Å². The Morgan fingerprint density at radius 2 is 2.33 bits per heavy atom. The van der Waals surface area contributed by atoms with Gasteiger partial charge < -0.3 is 10.4 Å². The SMILES string of the molecule is CC1CCC(O)(CNC(=O)Cc2ccn[nH]2)CC1. The highest BCUT2D eigenvalue weighted by molar-refractivity contribution is 5.78. The summed E-state index contributed by atoms with van der Waals surface area (Å²) in [6.07, 6.45) is 5.53. The average molecular weight is 251 g/mol. The zero-order chi connectivity index (χ0) is 13.0. The maximum atomic E-state index is 11.7. The van der Waals surface area contributed by atoms with Crippen LogP contribution in [0.15, 0.2) is 12.3 Å². The summed E-state index contributed by atoms with van der Waals surface area (Å²) >= 11 is 0. The van der Waals surface area contributed by atoms with Gasteiger partial charge in [-0.3, -0.25) is 9.89 Å². The van der Waals surface area contributed by atoms with Crippen LogP contribution < -0.4 is 5.32 Å². The fourth-order valence-electron chi connectivity index (χ4n) is 2.36. The predicted molar refractivity (Wildman–Crippen MR) is 67.9 cm³/mol. The minimum Gasteiger partial charge on any atom is -0.388 e. The number of aromatic nitrogens is 2. The molecule has 0 spiro atoms. The quantitative estimate of drug-likeness (QED) is 0.747. The number of H-pyrrole nitrogens is 1. The van der Waals surface area contributed by atoms with Crippen molar-refractivity contribution in [3.63, 3.8) is 0 Å². The molecule has 1 aliphatic carbocycles. The van der Waals surface area contributed by atoms with E-state index in [0.717, 1.165) is 31.4 Å². The Morgan fingerprint density at radius 1 is 1.61 bits per heavy atom. The fourth-order valence-corrected chi connectivity index (χ4v) is 2.36. The van der Waals surface area contributed by atoms with Crippen LogP contribution in [0.2, 0.25) is 0 Å². The summed E-state index contributed by atoms with van der Waals surface area (Å²) in [4.78, 5) is 11.7. The second-order valence-corrected chi connectivity index (χ2v) is 5.44. The van der Waals surface area contributed by atoms with Gasteiger partial charge in [0.25, 0.3) is 0 Å². The van der Waals surface area contributed by atoms with Gasteiger partial charge in [-0.1, -0.05) is 6.92 Å². The molecule has 1 amide bonds. The number of aliphatic hydroxyl groups is 1. The lowest BCUT2D eigenvalue weighted by molar-refractivity contribution is -0.122. The van der Waals surface area contributed by atoms with Gasteiger partial charge in [0.1, 0.15) is 0 Å². The molecule has 100 valence electrons. The van der Waals surface area contributed by atoms with Gasteiger partial charge in [-0.25, -0.2) is 0 Å². The van der Waals surface area contributed by atoms with E-state index in [2.05, 4.69) is 22.4 Å². The number of rotatable bonds is 4. The third-order valence-corrected chi connectivity index (χ3v) is 3.73. The number of amides is 1. The fraction of sp³-hybridized carbons (Fsp3) is 0.692. The number of nitrogens with one attached hydrogen (secondary N) is 2. The van der Waals surface area contributed by atoms with Crippen molar-refractivity contribution in [1.82, 2.24) is 15.5 Å². The van der Waals surface area contributed by atoms with Gasteiger partial charge in [-0.2, -0.15) is 5.10 Å². The van der Waals surface area contributed by atoms with E-state index in [4.69, 9.17) is 0 Å². The largest absolute Gasteiger partial charge is 0.388 e. The Hall–Kier alpha value is -1.36. The van der Waals surface area contributed by atoms with Crippen LogP contribution in [-0.4, -0.2) is 33.4 Å². The minimum atomic E-state index is -0.712. The van der Waals surface area contributed by atoms with Gasteiger partial charge in [-0.15, -0.1) is 0 Å². The topological polar surface area (TPSA) is 78.0 Å². The van der Waals surface area contributed by atoms with Gasteiger partial charge in [0.2, 0.25) is 5.91 Å². The number of nitrogens with zero attached hydrogens (tertiary/aromatic N) is 1. The molecule has 0 atom stereocenters. The minimum absolute atomic E-state index is 0.0775. The van der Waals surface area contributed by atoms with Crippen molar-refractivity contribution >= 4 is 5.91 Å². The third-order valence-electron chi connectivity index (χ3n) is 3.73. The molecule has 1 aromatic heterocycles. The smallest absolute Gasteiger partial charge is 0.226 e. The van der Waals surface area contributed by atoms with E-state index < -0.39 is 5.60 Å². The highest BCUT2D eigenvalue weighted by atomic mass is 16.3. The molecule has 1 saturated carbocycles. The molecule has 5 heteroatoms. The Labute approximate surface area is 107 Å². The summed E-state index contributed by atoms with van der Waals surface area (Å²) in [5.41, 5.74) is 0.0765. The summed E-state index contributed by atoms with van der Waals surface area (Å²) in [6.45, 7) is 2.56. The van der Waals surface area contributed by atoms with Crippen LogP contribution in [-0.2, 0) is 11.2 Å². The number of carbonyl (C=O) groups excluding carboxylic acids is 1. The second-order valence-electron chi connectivity index (χ2n) is 5.44. The molecule has 18 heavy (non-hydrogen) atoms. The van der Waals surface area contributed by atoms with E-state index in [9.17, 15) is 9.90 Å². The molecule has 5 nitrogen and oxygen atoms in total. The summed E-state index contributed by atoms with van der Waals surface area (Å²) in [5, 5.41) is 19.7. The highest BCUT2D eigenvalue weighted by Gasteiger charge is 2.31. The van der Waals surface area contributed by atoms with Crippen LogP contribution in [0.5, 0.6) is 0 Å². The highest BCUT2D eigenvalue weighted by Crippen LogP contribution is 2.31. The molecule has 0 unspecified atom stereocenters. The Morgan fingerprint density at radius 3 is 2.94 bits per heavy atom. The first-order valence-electron chi connectivity index (χ1n) is 6.55. The lowest BCUT2D eigenvalue weighted by Gasteiger charge is -2.34. The molecular weight excluding hydrogens is 230 g/mol. The first-order chi connectivity index (χ1) is 8.57. The number of carbonyl (C=O) groups is 1. The van der Waals surface area contributed by atoms with E-state index in [0.29, 0.717) is 12.5 Å². The molecule has 0 bridgehead atoms. The first kappa shape index (κ1) is 13.1. The van der Waals surface area contributed by atoms with E-state index in [-0.39, 0.29) is 12.3 Å². The molecule has 0 radical (unpaired) electrons. The molecular formula is C13H21N3O2. The standard InChI is InChI=1S/C13H21N3O2/c1-10-2-5-13(18,6-3-10)9-14-12(17)8-11-4-7-15-16-11/h4,7,10,18H,2-3,5-6,8-9H2,1H3,(H,14,17)(H,15,16). The van der Waals surface area contributed by atoms with Gasteiger partial charge in [0, 0.05) is 18.4 Å². The molecule has 1 fully saturated rings. The van der Waals surface area contributed by atoms with E-state index >= 15 is 0 Å². The molecule has 0 saturated heterocycles. The maximum absolute atomic E-state index is 11.7. The van der Waals surface area contributed by atoms with Crippen molar-refractivity contribution in [2.75, 3.05) is 6.54 Å². The van der Waals surface area contributed by atoms with E-state index in [1.54, 1.807) is 12.3 Å². The van der Waals surface area contributed by atoms with Crippen LogP contribution in [0.1, 0.15) is 38.3 Å². The average Bonchev–Trinajstić information content (AvgIpc) is 2.84. The van der Waals surface area contributed by atoms with Gasteiger partial charge in [0.15, 0.2) is 0 Å². The van der Waals surface area contributed by atoms with Crippen LogP contribution in [0, 0.1) is 5.92 Å². The summed E-state index contributed by atoms with van der Waals surface area (Å²) in [5.74, 6) is 0.609. The lowest BCUT2D eigenvalue weighted by atomic mass is 9.79. The van der Waals surface area contributed by atoms with Crippen molar-refractivity contribution in [2.24, 2.45) is 5.92 Å². The first-order valence-corrected chi connectivity index (χ1v) is 6.55. The van der Waals surface area contributed by atoms with Crippen LogP contribution in [0.4, 0.5) is 0 Å². The summed E-state index contributed by atoms with van der Waals surface area (Å²) in [6, 6.07) is 1.77. The monoisotopic (exact) mass is 251 g/mol. The molecule has 0 aliphatic heterocycles. The van der Waals surface area contributed by atoms with Crippen LogP contribution in [0.25, 0.3) is 0 Å². The molecule has 1 aliphatic rings.